The Morgan fingerprint density at radius 1 is 1.00 bits per heavy atom. The molecule has 3 aromatic rings. The van der Waals surface area contributed by atoms with Crippen molar-refractivity contribution in [2.75, 3.05) is 26.2 Å². The molecular formula is C27H28FN3O3. The number of piperidine rings is 1. The van der Waals surface area contributed by atoms with Gasteiger partial charge in [-0.2, -0.15) is 0 Å². The second-order valence-corrected chi connectivity index (χ2v) is 8.63. The summed E-state index contributed by atoms with van der Waals surface area (Å²) in [6.07, 6.45) is 1.46. The number of hydrogen-bond donors (Lipinski definition) is 2. The molecule has 6 nitrogen and oxygen atoms in total. The summed E-state index contributed by atoms with van der Waals surface area (Å²) in [5, 5.41) is 7.44. The number of carbonyl (C=O) groups excluding carboxylic acids is 3. The van der Waals surface area contributed by atoms with Gasteiger partial charge in [0.2, 0.25) is 5.91 Å². The molecule has 3 amide bonds. The largest absolute Gasteiger partial charge is 0.354 e. The van der Waals surface area contributed by atoms with E-state index >= 15 is 0 Å². The Kier molecular flexibility index (Phi) is 7.21. The van der Waals surface area contributed by atoms with E-state index in [1.165, 1.54) is 6.07 Å². The van der Waals surface area contributed by atoms with Gasteiger partial charge in [0.05, 0.1) is 5.92 Å². The summed E-state index contributed by atoms with van der Waals surface area (Å²) in [6, 6.07) is 17.8. The van der Waals surface area contributed by atoms with Crippen molar-refractivity contribution in [1.82, 2.24) is 15.5 Å². The van der Waals surface area contributed by atoms with Gasteiger partial charge in [-0.05, 0) is 54.3 Å². The van der Waals surface area contributed by atoms with Gasteiger partial charge in [0.25, 0.3) is 11.8 Å². The number of carbonyl (C=O) groups is 3. The predicted molar refractivity (Wildman–Crippen MR) is 129 cm³/mol. The van der Waals surface area contributed by atoms with Gasteiger partial charge in [-0.25, -0.2) is 4.39 Å². The number of benzene rings is 3. The highest BCUT2D eigenvalue weighted by atomic mass is 19.1. The van der Waals surface area contributed by atoms with Gasteiger partial charge in [-0.1, -0.05) is 42.5 Å². The van der Waals surface area contributed by atoms with Crippen molar-refractivity contribution in [1.29, 1.82) is 0 Å². The average Bonchev–Trinajstić information content (AvgIpc) is 2.87. The van der Waals surface area contributed by atoms with Crippen LogP contribution in [0.25, 0.3) is 10.8 Å². The van der Waals surface area contributed by atoms with Gasteiger partial charge >= 0.3 is 0 Å². The Hall–Kier alpha value is -3.74. The maximum atomic E-state index is 13.6. The van der Waals surface area contributed by atoms with Crippen LogP contribution in [-0.4, -0.2) is 48.8 Å². The van der Waals surface area contributed by atoms with Crippen molar-refractivity contribution < 1.29 is 18.8 Å². The molecule has 0 radical (unpaired) electrons. The summed E-state index contributed by atoms with van der Waals surface area (Å²) in [6.45, 7) is 3.10. The molecule has 1 unspecified atom stereocenters. The zero-order valence-electron chi connectivity index (χ0n) is 19.1. The van der Waals surface area contributed by atoms with Gasteiger partial charge in [-0.15, -0.1) is 0 Å². The minimum absolute atomic E-state index is 0.0631. The first-order valence-electron chi connectivity index (χ1n) is 11.5. The molecule has 1 aliphatic heterocycles. The Morgan fingerprint density at radius 2 is 1.76 bits per heavy atom. The van der Waals surface area contributed by atoms with Crippen LogP contribution in [0.5, 0.6) is 0 Å². The summed E-state index contributed by atoms with van der Waals surface area (Å²) in [4.78, 5) is 39.8. The molecule has 7 heteroatoms. The van der Waals surface area contributed by atoms with Crippen LogP contribution in [0.4, 0.5) is 4.39 Å². The lowest BCUT2D eigenvalue weighted by atomic mass is 9.95. The SMILES string of the molecule is Cc1ccc(C(=O)NCCNC(=O)C2CCCN(C(=O)c3cccc4ccccc34)C2)cc1F. The van der Waals surface area contributed by atoms with Crippen molar-refractivity contribution in [2.45, 2.75) is 19.8 Å². The molecule has 4 rings (SSSR count). The number of hydrogen-bond acceptors (Lipinski definition) is 3. The second kappa shape index (κ2) is 10.5. The fourth-order valence-electron chi connectivity index (χ4n) is 4.30. The number of fused-ring (bicyclic) bond motifs is 1. The smallest absolute Gasteiger partial charge is 0.254 e. The first-order chi connectivity index (χ1) is 16.4. The van der Waals surface area contributed by atoms with Crippen molar-refractivity contribution in [2.24, 2.45) is 5.92 Å². The van der Waals surface area contributed by atoms with Gasteiger partial charge in [0.15, 0.2) is 0 Å². The molecule has 0 spiro atoms. The van der Waals surface area contributed by atoms with Gasteiger partial charge < -0.3 is 15.5 Å². The molecule has 2 N–H and O–H groups in total. The van der Waals surface area contributed by atoms with Crippen LogP contribution in [0, 0.1) is 18.7 Å². The van der Waals surface area contributed by atoms with E-state index in [9.17, 15) is 18.8 Å². The topological polar surface area (TPSA) is 78.5 Å². The first-order valence-corrected chi connectivity index (χ1v) is 11.5. The lowest BCUT2D eigenvalue weighted by molar-refractivity contribution is -0.126. The maximum Gasteiger partial charge on any atom is 0.254 e. The van der Waals surface area contributed by atoms with E-state index < -0.39 is 11.7 Å². The highest BCUT2D eigenvalue weighted by Gasteiger charge is 2.29. The van der Waals surface area contributed by atoms with Crippen molar-refractivity contribution in [3.63, 3.8) is 0 Å². The van der Waals surface area contributed by atoms with Crippen LogP contribution in [-0.2, 0) is 4.79 Å². The standard InChI is InChI=1S/C27H28FN3O3/c1-18-11-12-20(16-24(18)28)25(32)29-13-14-30-26(33)21-8-5-15-31(17-21)27(34)23-10-4-7-19-6-2-3-9-22(19)23/h2-4,6-7,9-12,16,21H,5,8,13-15,17H2,1H3,(H,29,32)(H,30,33). The lowest BCUT2D eigenvalue weighted by Gasteiger charge is -2.32. The van der Waals surface area contributed by atoms with Crippen molar-refractivity contribution in [3.8, 4) is 0 Å². The van der Waals surface area contributed by atoms with Crippen LogP contribution in [0.3, 0.4) is 0 Å². The number of halogens is 1. The third-order valence-electron chi connectivity index (χ3n) is 6.24. The molecule has 0 saturated carbocycles. The maximum absolute atomic E-state index is 13.6. The minimum atomic E-state index is -0.430. The first kappa shape index (κ1) is 23.4. The van der Waals surface area contributed by atoms with Crippen LogP contribution >= 0.6 is 0 Å². The van der Waals surface area contributed by atoms with Gasteiger partial charge in [0, 0.05) is 37.3 Å². The number of aryl methyl sites for hydroxylation is 1. The van der Waals surface area contributed by atoms with E-state index in [4.69, 9.17) is 0 Å². The molecule has 3 aromatic carbocycles. The summed E-state index contributed by atoms with van der Waals surface area (Å²) >= 11 is 0. The van der Waals surface area contributed by atoms with Crippen LogP contribution in [0.1, 0.15) is 39.1 Å². The number of amides is 3. The summed E-state index contributed by atoms with van der Waals surface area (Å²) < 4.78 is 13.6. The third-order valence-corrected chi connectivity index (χ3v) is 6.24. The van der Waals surface area contributed by atoms with Crippen LogP contribution in [0.15, 0.2) is 60.7 Å². The van der Waals surface area contributed by atoms with Crippen molar-refractivity contribution in [3.05, 3.63) is 83.2 Å². The Balaban J connectivity index is 1.29. The molecule has 1 aliphatic rings. The molecule has 1 atom stereocenters. The highest BCUT2D eigenvalue weighted by Crippen LogP contribution is 2.23. The Bertz CT molecular complexity index is 1220. The molecule has 176 valence electrons. The van der Waals surface area contributed by atoms with E-state index in [0.717, 1.165) is 17.2 Å². The average molecular weight is 462 g/mol. The lowest BCUT2D eigenvalue weighted by Crippen LogP contribution is -2.46. The second-order valence-electron chi connectivity index (χ2n) is 8.63. The minimum Gasteiger partial charge on any atom is -0.354 e. The van der Waals surface area contributed by atoms with E-state index in [2.05, 4.69) is 10.6 Å². The molecule has 1 heterocycles. The fourth-order valence-corrected chi connectivity index (χ4v) is 4.30. The Labute approximate surface area is 198 Å². The van der Waals surface area contributed by atoms with Crippen LogP contribution in [0.2, 0.25) is 0 Å². The zero-order chi connectivity index (χ0) is 24.1. The molecule has 0 aliphatic carbocycles. The molecular weight excluding hydrogens is 433 g/mol. The quantitative estimate of drug-likeness (QED) is 0.550. The molecule has 1 fully saturated rings. The molecule has 1 saturated heterocycles. The third kappa shape index (κ3) is 5.25. The van der Waals surface area contributed by atoms with Gasteiger partial charge in [0.1, 0.15) is 5.82 Å². The van der Waals surface area contributed by atoms with Crippen LogP contribution < -0.4 is 10.6 Å². The monoisotopic (exact) mass is 461 g/mol. The van der Waals surface area contributed by atoms with E-state index in [1.807, 2.05) is 42.5 Å². The normalized spacial score (nSPS) is 15.7. The number of nitrogens with zero attached hydrogens (tertiary/aromatic N) is 1. The van der Waals surface area contributed by atoms with E-state index in [0.29, 0.717) is 30.6 Å². The Morgan fingerprint density at radius 3 is 2.59 bits per heavy atom. The molecule has 0 aromatic heterocycles. The number of rotatable bonds is 6. The number of nitrogens with one attached hydrogen (secondary N) is 2. The molecule has 0 bridgehead atoms. The molecule has 34 heavy (non-hydrogen) atoms. The zero-order valence-corrected chi connectivity index (χ0v) is 19.1. The van der Waals surface area contributed by atoms with E-state index in [-0.39, 0.29) is 36.4 Å². The predicted octanol–water partition coefficient (Wildman–Crippen LogP) is 3.69. The van der Waals surface area contributed by atoms with Gasteiger partial charge in [-0.3, -0.25) is 14.4 Å². The summed E-state index contributed by atoms with van der Waals surface area (Å²) in [5.74, 6) is -1.31. The van der Waals surface area contributed by atoms with Crippen molar-refractivity contribution >= 4 is 28.5 Å². The summed E-state index contributed by atoms with van der Waals surface area (Å²) in [7, 11) is 0. The number of likely N-dealkylation sites (tertiary alicyclic amines) is 1. The fraction of sp³-hybridized carbons (Fsp3) is 0.296. The van der Waals surface area contributed by atoms with E-state index in [1.54, 1.807) is 24.0 Å². The summed E-state index contributed by atoms with van der Waals surface area (Å²) in [5.41, 5.74) is 1.36. The highest BCUT2D eigenvalue weighted by molar-refractivity contribution is 6.07.